The third-order valence-corrected chi connectivity index (χ3v) is 10.3. The second-order valence-electron chi connectivity index (χ2n) is 16.1. The Labute approximate surface area is 349 Å². The highest BCUT2D eigenvalue weighted by molar-refractivity contribution is 7.47. The molecule has 0 aliphatic heterocycles. The summed E-state index contributed by atoms with van der Waals surface area (Å²) in [5.41, 5.74) is 0. The number of quaternary nitrogens is 1. The van der Waals surface area contributed by atoms with Gasteiger partial charge in [0, 0.05) is 12.8 Å². The van der Waals surface area contributed by atoms with Crippen molar-refractivity contribution in [3.05, 3.63) is 60.8 Å². The normalized spacial score (nSPS) is 14.1. The maximum absolute atomic E-state index is 12.7. The standard InChI is InChI=1S/C47H84NO8P/c1-6-8-10-12-14-16-18-20-22-24-26-28-30-32-34-36-38-40-47(50)56-45(44-55-57(51,52)54-42-41-48(3,4)5)43-53-46(49)39-37-35-33-31-29-27-25-23-21-19-17-15-13-11-9-7-2/h8,10,14,16,20,22,26,28,32,34,45H,6-7,9,11-13,15,17-19,21,23-25,27,29-31,33,35-44H2,1-5H3/p+1/b10-8-,16-14-,22-20-,28-26-,34-32-. The van der Waals surface area contributed by atoms with Gasteiger partial charge < -0.3 is 18.9 Å². The maximum Gasteiger partial charge on any atom is 0.472 e. The minimum Gasteiger partial charge on any atom is -0.462 e. The highest BCUT2D eigenvalue weighted by Gasteiger charge is 2.27. The molecule has 0 amide bonds. The molecule has 0 aliphatic rings. The molecule has 0 radical (unpaired) electrons. The summed E-state index contributed by atoms with van der Waals surface area (Å²) in [7, 11) is 1.44. The van der Waals surface area contributed by atoms with Crippen LogP contribution in [0, 0.1) is 0 Å². The fraction of sp³-hybridized carbons (Fsp3) is 0.745. The van der Waals surface area contributed by atoms with Gasteiger partial charge in [0.25, 0.3) is 0 Å². The Kier molecular flexibility index (Phi) is 37.6. The van der Waals surface area contributed by atoms with Gasteiger partial charge in [-0.05, 0) is 51.4 Å². The molecule has 0 aromatic heterocycles. The van der Waals surface area contributed by atoms with Gasteiger partial charge in [-0.1, -0.05) is 171 Å². The number of likely N-dealkylation sites (N-methyl/N-ethyl adjacent to an activating group) is 1. The van der Waals surface area contributed by atoms with Crippen LogP contribution in [0.15, 0.2) is 60.8 Å². The van der Waals surface area contributed by atoms with E-state index in [-0.39, 0.29) is 32.0 Å². The molecule has 0 aromatic rings. The van der Waals surface area contributed by atoms with Crippen LogP contribution < -0.4 is 0 Å². The summed E-state index contributed by atoms with van der Waals surface area (Å²) < 4.78 is 34.3. The fourth-order valence-electron chi connectivity index (χ4n) is 5.81. The molecule has 0 bridgehead atoms. The third-order valence-electron chi connectivity index (χ3n) is 9.31. The van der Waals surface area contributed by atoms with Gasteiger partial charge in [-0.2, -0.15) is 0 Å². The first kappa shape index (κ1) is 54.7. The number of allylic oxidation sites excluding steroid dienone is 10. The van der Waals surface area contributed by atoms with Crippen LogP contribution in [0.3, 0.4) is 0 Å². The zero-order valence-corrected chi connectivity index (χ0v) is 38.0. The predicted molar refractivity (Wildman–Crippen MR) is 238 cm³/mol. The summed E-state index contributed by atoms with van der Waals surface area (Å²) in [6, 6.07) is 0. The molecular weight excluding hydrogens is 737 g/mol. The van der Waals surface area contributed by atoms with E-state index in [2.05, 4.69) is 68.5 Å². The number of hydrogen-bond donors (Lipinski definition) is 1. The van der Waals surface area contributed by atoms with Gasteiger partial charge in [-0.3, -0.25) is 18.6 Å². The highest BCUT2D eigenvalue weighted by Crippen LogP contribution is 2.43. The van der Waals surface area contributed by atoms with Gasteiger partial charge in [0.1, 0.15) is 19.8 Å². The summed E-state index contributed by atoms with van der Waals surface area (Å²) in [6.45, 7) is 4.24. The number of phosphoric ester groups is 1. The largest absolute Gasteiger partial charge is 0.472 e. The summed E-state index contributed by atoms with van der Waals surface area (Å²) in [5.74, 6) is -0.866. The summed E-state index contributed by atoms with van der Waals surface area (Å²) in [5, 5.41) is 0. The highest BCUT2D eigenvalue weighted by atomic mass is 31.2. The molecule has 0 fully saturated rings. The zero-order valence-electron chi connectivity index (χ0n) is 37.1. The molecule has 2 atom stereocenters. The Morgan fingerprint density at radius 2 is 1.00 bits per heavy atom. The van der Waals surface area contributed by atoms with E-state index in [1.54, 1.807) is 0 Å². The lowest BCUT2D eigenvalue weighted by atomic mass is 10.0. The van der Waals surface area contributed by atoms with E-state index in [4.69, 9.17) is 18.5 Å². The molecular formula is C47H85NO8P+. The minimum atomic E-state index is -4.39. The smallest absolute Gasteiger partial charge is 0.462 e. The van der Waals surface area contributed by atoms with E-state index < -0.39 is 26.5 Å². The minimum absolute atomic E-state index is 0.0197. The lowest BCUT2D eigenvalue weighted by Crippen LogP contribution is -2.37. The second kappa shape index (κ2) is 39.2. The number of rotatable bonds is 40. The summed E-state index contributed by atoms with van der Waals surface area (Å²) in [6.07, 6.45) is 47.0. The Morgan fingerprint density at radius 1 is 0.561 bits per heavy atom. The fourth-order valence-corrected chi connectivity index (χ4v) is 6.56. The SMILES string of the molecule is CC/C=C\C/C=C\C/C=C\C/C=C\C/C=C\CCCC(=O)OC(COC(=O)CCCCCCCCCCCCCCCCCC)COP(=O)(O)OCC[N+](C)(C)C. The Morgan fingerprint density at radius 3 is 1.47 bits per heavy atom. The van der Waals surface area contributed by atoms with Crippen molar-refractivity contribution in [2.75, 3.05) is 47.5 Å². The lowest BCUT2D eigenvalue weighted by molar-refractivity contribution is -0.870. The monoisotopic (exact) mass is 823 g/mol. The molecule has 10 heteroatoms. The van der Waals surface area contributed by atoms with Crippen LogP contribution in [0.5, 0.6) is 0 Å². The van der Waals surface area contributed by atoms with E-state index >= 15 is 0 Å². The average Bonchev–Trinajstić information content (AvgIpc) is 3.16. The zero-order chi connectivity index (χ0) is 42.1. The molecule has 0 rings (SSSR count). The number of ether oxygens (including phenoxy) is 2. The van der Waals surface area contributed by atoms with Crippen molar-refractivity contribution >= 4 is 19.8 Å². The van der Waals surface area contributed by atoms with Crippen molar-refractivity contribution in [2.45, 2.75) is 180 Å². The summed E-state index contributed by atoms with van der Waals surface area (Å²) in [4.78, 5) is 35.4. The Bertz CT molecular complexity index is 1160. The van der Waals surface area contributed by atoms with Crippen LogP contribution in [-0.2, 0) is 32.7 Å². The van der Waals surface area contributed by atoms with Gasteiger partial charge in [0.2, 0.25) is 0 Å². The van der Waals surface area contributed by atoms with E-state index in [0.717, 1.165) is 51.4 Å². The number of unbranched alkanes of at least 4 members (excludes halogenated alkanes) is 16. The number of esters is 2. The van der Waals surface area contributed by atoms with Crippen molar-refractivity contribution in [3.63, 3.8) is 0 Å². The van der Waals surface area contributed by atoms with Crippen molar-refractivity contribution in [1.82, 2.24) is 0 Å². The molecule has 0 saturated heterocycles. The van der Waals surface area contributed by atoms with Crippen molar-refractivity contribution in [3.8, 4) is 0 Å². The van der Waals surface area contributed by atoms with Crippen molar-refractivity contribution < 1.29 is 42.1 Å². The number of hydrogen-bond acceptors (Lipinski definition) is 7. The lowest BCUT2D eigenvalue weighted by Gasteiger charge is -2.24. The average molecular weight is 823 g/mol. The quantitative estimate of drug-likeness (QED) is 0.0214. The van der Waals surface area contributed by atoms with Crippen LogP contribution in [0.25, 0.3) is 0 Å². The molecule has 0 saturated carbocycles. The van der Waals surface area contributed by atoms with Crippen LogP contribution in [-0.4, -0.2) is 74.9 Å². The van der Waals surface area contributed by atoms with Gasteiger partial charge in [-0.15, -0.1) is 0 Å². The first-order chi connectivity index (χ1) is 27.5. The maximum atomic E-state index is 12.7. The van der Waals surface area contributed by atoms with Crippen molar-refractivity contribution in [1.29, 1.82) is 0 Å². The Hall–Kier alpha value is -2.29. The summed E-state index contributed by atoms with van der Waals surface area (Å²) >= 11 is 0. The van der Waals surface area contributed by atoms with Gasteiger partial charge in [0.15, 0.2) is 6.10 Å². The second-order valence-corrected chi connectivity index (χ2v) is 17.5. The van der Waals surface area contributed by atoms with Crippen molar-refractivity contribution in [2.24, 2.45) is 0 Å². The van der Waals surface area contributed by atoms with Gasteiger partial charge in [0.05, 0.1) is 27.7 Å². The predicted octanol–water partition coefficient (Wildman–Crippen LogP) is 12.9. The molecule has 57 heavy (non-hydrogen) atoms. The molecule has 0 aliphatic carbocycles. The molecule has 1 N–H and O–H groups in total. The molecule has 330 valence electrons. The van der Waals surface area contributed by atoms with Gasteiger partial charge in [-0.25, -0.2) is 4.57 Å². The van der Waals surface area contributed by atoms with Gasteiger partial charge >= 0.3 is 19.8 Å². The number of carbonyl (C=O) groups is 2. The molecule has 0 spiro atoms. The molecule has 2 unspecified atom stereocenters. The first-order valence-corrected chi connectivity index (χ1v) is 24.0. The van der Waals surface area contributed by atoms with Crippen LogP contribution in [0.2, 0.25) is 0 Å². The van der Waals surface area contributed by atoms with Crippen LogP contribution in [0.1, 0.15) is 174 Å². The topological polar surface area (TPSA) is 108 Å². The van der Waals surface area contributed by atoms with Crippen LogP contribution >= 0.6 is 7.82 Å². The Balaban J connectivity index is 4.44. The van der Waals surface area contributed by atoms with E-state index in [0.29, 0.717) is 23.9 Å². The molecule has 0 heterocycles. The van der Waals surface area contributed by atoms with E-state index in [9.17, 15) is 19.0 Å². The first-order valence-electron chi connectivity index (χ1n) is 22.5. The molecule has 9 nitrogen and oxygen atoms in total. The molecule has 0 aromatic carbocycles. The van der Waals surface area contributed by atoms with E-state index in [1.807, 2.05) is 27.2 Å². The number of phosphoric acid groups is 1. The third kappa shape index (κ3) is 43.1. The number of nitrogens with zero attached hydrogens (tertiary/aromatic N) is 1. The number of carbonyl (C=O) groups excluding carboxylic acids is 2. The van der Waals surface area contributed by atoms with Crippen LogP contribution in [0.4, 0.5) is 0 Å². The van der Waals surface area contributed by atoms with E-state index in [1.165, 1.54) is 83.5 Å².